The number of rotatable bonds is 4. The van der Waals surface area contributed by atoms with Gasteiger partial charge in [-0.1, -0.05) is 12.8 Å². The second-order valence-corrected chi connectivity index (χ2v) is 4.61. The lowest BCUT2D eigenvalue weighted by Crippen LogP contribution is -2.48. The average molecular weight is 248 g/mol. The first-order chi connectivity index (χ1) is 8.00. The summed E-state index contributed by atoms with van der Waals surface area (Å²) in [6.07, 6.45) is 4.24. The molecule has 98 valence electrons. The highest BCUT2D eigenvalue weighted by molar-refractivity contribution is 4.91. The maximum atomic E-state index is 12.9. The summed E-state index contributed by atoms with van der Waals surface area (Å²) in [6, 6.07) is -0.335. The van der Waals surface area contributed by atoms with E-state index in [1.807, 2.05) is 0 Å². The van der Waals surface area contributed by atoms with Crippen molar-refractivity contribution in [3.8, 4) is 12.3 Å². The second-order valence-electron chi connectivity index (χ2n) is 4.61. The standard InChI is InChI=1S/C12H19F3N2/c1-2-3-8-11(17-16)9-6-4-5-7-10(9)12(13,14)15/h1,9-11,17H,3-8,16H2. The van der Waals surface area contributed by atoms with Crippen molar-refractivity contribution in [3.05, 3.63) is 0 Å². The van der Waals surface area contributed by atoms with E-state index < -0.39 is 18.0 Å². The minimum absolute atomic E-state index is 0.211. The van der Waals surface area contributed by atoms with E-state index >= 15 is 0 Å². The summed E-state index contributed by atoms with van der Waals surface area (Å²) in [4.78, 5) is 0. The largest absolute Gasteiger partial charge is 0.392 e. The van der Waals surface area contributed by atoms with E-state index in [2.05, 4.69) is 11.3 Å². The molecule has 3 atom stereocenters. The van der Waals surface area contributed by atoms with Crippen LogP contribution in [-0.4, -0.2) is 12.2 Å². The second kappa shape index (κ2) is 6.27. The fourth-order valence-corrected chi connectivity index (χ4v) is 2.71. The van der Waals surface area contributed by atoms with Crippen molar-refractivity contribution in [2.45, 2.75) is 50.7 Å². The van der Waals surface area contributed by atoms with Gasteiger partial charge < -0.3 is 0 Å². The Morgan fingerprint density at radius 1 is 1.35 bits per heavy atom. The maximum absolute atomic E-state index is 12.9. The van der Waals surface area contributed by atoms with E-state index in [1.54, 1.807) is 0 Å². The number of hydrogen-bond acceptors (Lipinski definition) is 2. The molecule has 0 aromatic rings. The van der Waals surface area contributed by atoms with Crippen LogP contribution in [0.25, 0.3) is 0 Å². The van der Waals surface area contributed by atoms with Gasteiger partial charge in [0.15, 0.2) is 0 Å². The van der Waals surface area contributed by atoms with Crippen LogP contribution in [0, 0.1) is 24.2 Å². The molecule has 5 heteroatoms. The molecule has 2 nitrogen and oxygen atoms in total. The van der Waals surface area contributed by atoms with E-state index in [9.17, 15) is 13.2 Å². The van der Waals surface area contributed by atoms with Crippen LogP contribution >= 0.6 is 0 Å². The van der Waals surface area contributed by atoms with Gasteiger partial charge in [-0.2, -0.15) is 13.2 Å². The molecule has 3 N–H and O–H groups in total. The van der Waals surface area contributed by atoms with Crippen LogP contribution in [0.2, 0.25) is 0 Å². The van der Waals surface area contributed by atoms with Crippen LogP contribution < -0.4 is 11.3 Å². The smallest absolute Gasteiger partial charge is 0.271 e. The maximum Gasteiger partial charge on any atom is 0.392 e. The highest BCUT2D eigenvalue weighted by Gasteiger charge is 2.47. The van der Waals surface area contributed by atoms with Gasteiger partial charge in [-0.05, 0) is 25.2 Å². The van der Waals surface area contributed by atoms with Crippen LogP contribution in [0.1, 0.15) is 38.5 Å². The zero-order valence-corrected chi connectivity index (χ0v) is 9.76. The predicted octanol–water partition coefficient (Wildman–Crippen LogP) is 2.60. The van der Waals surface area contributed by atoms with Gasteiger partial charge in [0, 0.05) is 12.5 Å². The van der Waals surface area contributed by atoms with Crippen molar-refractivity contribution >= 4 is 0 Å². The molecule has 0 radical (unpaired) electrons. The van der Waals surface area contributed by atoms with Gasteiger partial charge >= 0.3 is 6.18 Å². The Bertz CT molecular complexity index is 270. The van der Waals surface area contributed by atoms with Crippen LogP contribution in [0.5, 0.6) is 0 Å². The van der Waals surface area contributed by atoms with Crippen LogP contribution in [0.15, 0.2) is 0 Å². The highest BCUT2D eigenvalue weighted by atomic mass is 19.4. The van der Waals surface area contributed by atoms with Crippen LogP contribution in [0.3, 0.4) is 0 Å². The third-order valence-corrected chi connectivity index (χ3v) is 3.57. The summed E-state index contributed by atoms with van der Waals surface area (Å²) in [6.45, 7) is 0. The molecular weight excluding hydrogens is 229 g/mol. The van der Waals surface area contributed by atoms with Crippen molar-refractivity contribution < 1.29 is 13.2 Å². The predicted molar refractivity (Wildman–Crippen MR) is 60.7 cm³/mol. The molecule has 1 aliphatic rings. The molecular formula is C12H19F3N2. The molecule has 1 saturated carbocycles. The number of hydrogen-bond donors (Lipinski definition) is 2. The third kappa shape index (κ3) is 3.90. The molecule has 1 aliphatic carbocycles. The van der Waals surface area contributed by atoms with Gasteiger partial charge in [0.1, 0.15) is 0 Å². The van der Waals surface area contributed by atoms with Crippen LogP contribution in [0.4, 0.5) is 13.2 Å². The van der Waals surface area contributed by atoms with E-state index in [0.717, 1.165) is 6.42 Å². The SMILES string of the molecule is C#CCCC(NN)C1CCCCC1C(F)(F)F. The van der Waals surface area contributed by atoms with Crippen LogP contribution in [-0.2, 0) is 0 Å². The highest BCUT2D eigenvalue weighted by Crippen LogP contribution is 2.43. The minimum atomic E-state index is -4.13. The zero-order valence-electron chi connectivity index (χ0n) is 9.76. The first-order valence-corrected chi connectivity index (χ1v) is 5.97. The summed E-state index contributed by atoms with van der Waals surface area (Å²) in [5.41, 5.74) is 2.51. The lowest BCUT2D eigenvalue weighted by molar-refractivity contribution is -0.199. The molecule has 0 aromatic carbocycles. The fraction of sp³-hybridized carbons (Fsp3) is 0.833. The summed E-state index contributed by atoms with van der Waals surface area (Å²) >= 11 is 0. The molecule has 0 aromatic heterocycles. The molecule has 0 saturated heterocycles. The summed E-state index contributed by atoms with van der Waals surface area (Å²) in [7, 11) is 0. The van der Waals surface area contributed by atoms with Crippen molar-refractivity contribution in [2.24, 2.45) is 17.7 Å². The van der Waals surface area contributed by atoms with E-state index in [4.69, 9.17) is 12.3 Å². The van der Waals surface area contributed by atoms with Gasteiger partial charge in [-0.15, -0.1) is 12.3 Å². The van der Waals surface area contributed by atoms with Gasteiger partial charge in [0.05, 0.1) is 5.92 Å². The van der Waals surface area contributed by atoms with E-state index in [0.29, 0.717) is 25.7 Å². The summed E-state index contributed by atoms with van der Waals surface area (Å²) in [5, 5.41) is 0. The van der Waals surface area contributed by atoms with Crippen molar-refractivity contribution in [1.29, 1.82) is 0 Å². The molecule has 0 amide bonds. The van der Waals surface area contributed by atoms with E-state index in [1.165, 1.54) is 0 Å². The van der Waals surface area contributed by atoms with Gasteiger partial charge in [0.2, 0.25) is 0 Å². The fourth-order valence-electron chi connectivity index (χ4n) is 2.71. The molecule has 0 bridgehead atoms. The topological polar surface area (TPSA) is 38.0 Å². The van der Waals surface area contributed by atoms with Crippen molar-refractivity contribution in [2.75, 3.05) is 0 Å². The number of hydrazine groups is 1. The van der Waals surface area contributed by atoms with Crippen molar-refractivity contribution in [3.63, 3.8) is 0 Å². The minimum Gasteiger partial charge on any atom is -0.271 e. The van der Waals surface area contributed by atoms with Crippen molar-refractivity contribution in [1.82, 2.24) is 5.43 Å². The van der Waals surface area contributed by atoms with Gasteiger partial charge in [-0.25, -0.2) is 0 Å². The van der Waals surface area contributed by atoms with Gasteiger partial charge in [-0.3, -0.25) is 11.3 Å². The Kier molecular flexibility index (Phi) is 5.29. The molecule has 1 rings (SSSR count). The Hall–Kier alpha value is -0.730. The molecule has 3 unspecified atom stereocenters. The number of nitrogens with one attached hydrogen (secondary N) is 1. The number of alkyl halides is 3. The summed E-state index contributed by atoms with van der Waals surface area (Å²) in [5.74, 6) is 6.13. The molecule has 17 heavy (non-hydrogen) atoms. The zero-order chi connectivity index (χ0) is 12.9. The Morgan fingerprint density at radius 3 is 2.53 bits per heavy atom. The van der Waals surface area contributed by atoms with E-state index in [-0.39, 0.29) is 12.5 Å². The lowest BCUT2D eigenvalue weighted by Gasteiger charge is -2.37. The molecule has 0 heterocycles. The average Bonchev–Trinajstić information content (AvgIpc) is 2.29. The quantitative estimate of drug-likeness (QED) is 0.456. The first kappa shape index (κ1) is 14.3. The Labute approximate surface area is 100 Å². The molecule has 0 aliphatic heterocycles. The normalized spacial score (nSPS) is 27.5. The summed E-state index contributed by atoms with van der Waals surface area (Å²) < 4.78 is 38.7. The molecule has 0 spiro atoms. The first-order valence-electron chi connectivity index (χ1n) is 5.97. The Balaban J connectivity index is 2.72. The lowest BCUT2D eigenvalue weighted by atomic mass is 9.74. The molecule has 1 fully saturated rings. The number of terminal acetylenes is 1. The Morgan fingerprint density at radius 2 is 2.00 bits per heavy atom. The number of halogens is 3. The third-order valence-electron chi connectivity index (χ3n) is 3.57. The number of nitrogens with two attached hydrogens (primary N) is 1. The monoisotopic (exact) mass is 248 g/mol. The van der Waals surface area contributed by atoms with Gasteiger partial charge in [0.25, 0.3) is 0 Å².